The first-order valence-corrected chi connectivity index (χ1v) is 11.4. The second kappa shape index (κ2) is 12.8. The Morgan fingerprint density at radius 2 is 1.88 bits per heavy atom. The van der Waals surface area contributed by atoms with Gasteiger partial charge in [-0.3, -0.25) is 4.99 Å². The van der Waals surface area contributed by atoms with Crippen LogP contribution >= 0.6 is 24.0 Å². The second-order valence-corrected chi connectivity index (χ2v) is 9.01. The number of nitrogens with one attached hydrogen (secondary N) is 1. The molecule has 0 aromatic heterocycles. The highest BCUT2D eigenvalue weighted by atomic mass is 127. The Labute approximate surface area is 210 Å². The summed E-state index contributed by atoms with van der Waals surface area (Å²) >= 11 is 0. The summed E-state index contributed by atoms with van der Waals surface area (Å²) in [7, 11) is 5.18. The normalized spacial score (nSPS) is 20.1. The lowest BCUT2D eigenvalue weighted by Gasteiger charge is -2.36. The summed E-state index contributed by atoms with van der Waals surface area (Å²) in [5, 5.41) is 3.58. The van der Waals surface area contributed by atoms with Gasteiger partial charge in [0.15, 0.2) is 17.5 Å². The van der Waals surface area contributed by atoms with Gasteiger partial charge in [0.2, 0.25) is 0 Å². The average Bonchev–Trinajstić information content (AvgIpc) is 3.32. The molecule has 0 saturated carbocycles. The van der Waals surface area contributed by atoms with Crippen molar-refractivity contribution in [2.45, 2.75) is 57.2 Å². The monoisotopic (exact) mass is 561 g/mol. The van der Waals surface area contributed by atoms with Crippen molar-refractivity contribution in [3.05, 3.63) is 23.8 Å². The van der Waals surface area contributed by atoms with E-state index in [2.05, 4.69) is 41.2 Å². The highest BCUT2D eigenvalue weighted by molar-refractivity contribution is 14.0. The quantitative estimate of drug-likeness (QED) is 0.296. The zero-order valence-corrected chi connectivity index (χ0v) is 22.5. The van der Waals surface area contributed by atoms with Gasteiger partial charge in [-0.15, -0.1) is 24.0 Å². The van der Waals surface area contributed by atoms with E-state index < -0.39 is 0 Å². The molecule has 1 unspecified atom stereocenters. The molecule has 0 bridgehead atoms. The zero-order chi connectivity index (χ0) is 22.3. The van der Waals surface area contributed by atoms with Crippen LogP contribution in [0.3, 0.4) is 0 Å². The van der Waals surface area contributed by atoms with Gasteiger partial charge in [-0.1, -0.05) is 19.9 Å². The van der Waals surface area contributed by atoms with Crippen LogP contribution in [0.15, 0.2) is 23.2 Å². The fraction of sp³-hybridized carbons (Fsp3) is 0.708. The van der Waals surface area contributed by atoms with Gasteiger partial charge < -0.3 is 29.2 Å². The molecule has 0 amide bonds. The van der Waals surface area contributed by atoms with E-state index in [1.165, 1.54) is 5.56 Å². The van der Waals surface area contributed by atoms with Crippen molar-refractivity contribution in [1.29, 1.82) is 0 Å². The molecule has 32 heavy (non-hydrogen) atoms. The standard InChI is InChI=1S/C24H39N3O4.HI/c1-24(2,18-8-9-21(28-4)22(15-18)29-5)17-26-23(25-3)27-12-10-19(11-13-27)31-16-20-7-6-14-30-20;/h8-9,15,19-20H,6-7,10-14,16-17H2,1-5H3,(H,25,26);1H. The Morgan fingerprint density at radius 1 is 1.16 bits per heavy atom. The van der Waals surface area contributed by atoms with Crippen LogP contribution in [0.1, 0.15) is 45.1 Å². The summed E-state index contributed by atoms with van der Waals surface area (Å²) in [6.45, 7) is 8.73. The molecule has 2 aliphatic heterocycles. The smallest absolute Gasteiger partial charge is 0.193 e. The molecule has 1 aromatic rings. The number of hydrogen-bond acceptors (Lipinski definition) is 5. The predicted octanol–water partition coefficient (Wildman–Crippen LogP) is 3.83. The van der Waals surface area contributed by atoms with E-state index in [1.807, 2.05) is 13.1 Å². The number of likely N-dealkylation sites (tertiary alicyclic amines) is 1. The van der Waals surface area contributed by atoms with Gasteiger partial charge >= 0.3 is 0 Å². The SMILES string of the molecule is CN=C(NCC(C)(C)c1ccc(OC)c(OC)c1)N1CCC(OCC2CCCO2)CC1.I. The summed E-state index contributed by atoms with van der Waals surface area (Å²) in [5.41, 5.74) is 1.09. The molecular formula is C24H40IN3O4. The van der Waals surface area contributed by atoms with E-state index in [4.69, 9.17) is 18.9 Å². The predicted molar refractivity (Wildman–Crippen MR) is 139 cm³/mol. The number of rotatable bonds is 8. The number of guanidine groups is 1. The van der Waals surface area contributed by atoms with Crippen molar-refractivity contribution in [1.82, 2.24) is 10.2 Å². The van der Waals surface area contributed by atoms with Crippen molar-refractivity contribution >= 4 is 29.9 Å². The van der Waals surface area contributed by atoms with Gasteiger partial charge in [-0.25, -0.2) is 0 Å². The van der Waals surface area contributed by atoms with Crippen LogP contribution < -0.4 is 14.8 Å². The molecule has 2 fully saturated rings. The van der Waals surface area contributed by atoms with Crippen molar-refractivity contribution in [3.63, 3.8) is 0 Å². The first kappa shape index (κ1) is 27.0. The van der Waals surface area contributed by atoms with Crippen molar-refractivity contribution in [2.24, 2.45) is 4.99 Å². The number of nitrogens with zero attached hydrogens (tertiary/aromatic N) is 2. The van der Waals surface area contributed by atoms with Gasteiger partial charge in [0.1, 0.15) is 0 Å². The Bertz CT molecular complexity index is 730. The number of halogens is 1. The van der Waals surface area contributed by atoms with E-state index in [-0.39, 0.29) is 29.4 Å². The highest BCUT2D eigenvalue weighted by Gasteiger charge is 2.27. The molecule has 8 heteroatoms. The molecule has 0 spiro atoms. The van der Waals surface area contributed by atoms with Crippen LogP contribution in [0.5, 0.6) is 11.5 Å². The highest BCUT2D eigenvalue weighted by Crippen LogP contribution is 2.33. The molecule has 0 aliphatic carbocycles. The molecule has 2 aliphatic rings. The molecule has 1 aromatic carbocycles. The number of ether oxygens (including phenoxy) is 4. The summed E-state index contributed by atoms with van der Waals surface area (Å²) in [6.07, 6.45) is 4.95. The van der Waals surface area contributed by atoms with E-state index in [1.54, 1.807) is 14.2 Å². The molecule has 7 nitrogen and oxygen atoms in total. The maximum Gasteiger partial charge on any atom is 0.193 e. The van der Waals surface area contributed by atoms with Crippen LogP contribution in [-0.2, 0) is 14.9 Å². The van der Waals surface area contributed by atoms with Gasteiger partial charge in [-0.2, -0.15) is 0 Å². The number of aliphatic imine (C=N–C) groups is 1. The third-order valence-corrected chi connectivity index (χ3v) is 6.35. The van der Waals surface area contributed by atoms with Crippen LogP contribution in [-0.4, -0.2) is 77.2 Å². The molecular weight excluding hydrogens is 521 g/mol. The maximum absolute atomic E-state index is 6.11. The van der Waals surface area contributed by atoms with Gasteiger partial charge in [0.25, 0.3) is 0 Å². The molecule has 3 rings (SSSR count). The van der Waals surface area contributed by atoms with Gasteiger partial charge in [-0.05, 0) is 43.4 Å². The van der Waals surface area contributed by atoms with E-state index in [0.29, 0.717) is 12.2 Å². The zero-order valence-electron chi connectivity index (χ0n) is 20.2. The Balaban J connectivity index is 0.00000363. The summed E-state index contributed by atoms with van der Waals surface area (Å²) in [5.74, 6) is 2.45. The minimum absolute atomic E-state index is 0. The lowest BCUT2D eigenvalue weighted by molar-refractivity contribution is -0.0367. The average molecular weight is 562 g/mol. The van der Waals surface area contributed by atoms with Crippen LogP contribution in [0, 0.1) is 0 Å². The molecule has 182 valence electrons. The summed E-state index contributed by atoms with van der Waals surface area (Å²) in [6, 6.07) is 6.12. The number of piperidine rings is 1. The van der Waals surface area contributed by atoms with E-state index in [0.717, 1.165) is 76.0 Å². The molecule has 2 heterocycles. The number of benzene rings is 1. The van der Waals surface area contributed by atoms with E-state index >= 15 is 0 Å². The van der Waals surface area contributed by atoms with Crippen molar-refractivity contribution in [3.8, 4) is 11.5 Å². The Morgan fingerprint density at radius 3 is 2.47 bits per heavy atom. The largest absolute Gasteiger partial charge is 0.493 e. The van der Waals surface area contributed by atoms with Crippen molar-refractivity contribution in [2.75, 3.05) is 54.1 Å². The maximum atomic E-state index is 6.11. The van der Waals surface area contributed by atoms with Crippen LogP contribution in [0.2, 0.25) is 0 Å². The summed E-state index contributed by atoms with van der Waals surface area (Å²) in [4.78, 5) is 6.86. The third kappa shape index (κ3) is 7.12. The van der Waals surface area contributed by atoms with Gasteiger partial charge in [0, 0.05) is 38.7 Å². The summed E-state index contributed by atoms with van der Waals surface area (Å²) < 4.78 is 22.6. The lowest BCUT2D eigenvalue weighted by Crippen LogP contribution is -2.49. The fourth-order valence-electron chi connectivity index (χ4n) is 4.25. The Kier molecular flexibility index (Phi) is 10.8. The number of methoxy groups -OCH3 is 2. The first-order valence-electron chi connectivity index (χ1n) is 11.4. The second-order valence-electron chi connectivity index (χ2n) is 9.01. The minimum atomic E-state index is -0.0990. The number of hydrogen-bond donors (Lipinski definition) is 1. The lowest BCUT2D eigenvalue weighted by atomic mass is 9.84. The van der Waals surface area contributed by atoms with Crippen LogP contribution in [0.25, 0.3) is 0 Å². The fourth-order valence-corrected chi connectivity index (χ4v) is 4.25. The van der Waals surface area contributed by atoms with Crippen LogP contribution in [0.4, 0.5) is 0 Å². The molecule has 1 N–H and O–H groups in total. The molecule has 2 saturated heterocycles. The Hall–Kier alpha value is -1.26. The van der Waals surface area contributed by atoms with E-state index in [9.17, 15) is 0 Å². The molecule has 1 atom stereocenters. The first-order chi connectivity index (χ1) is 15.0. The van der Waals surface area contributed by atoms with Gasteiger partial charge in [0.05, 0.1) is 33.0 Å². The topological polar surface area (TPSA) is 64.6 Å². The van der Waals surface area contributed by atoms with Crippen molar-refractivity contribution < 1.29 is 18.9 Å². The third-order valence-electron chi connectivity index (χ3n) is 6.35. The minimum Gasteiger partial charge on any atom is -0.493 e. The molecule has 0 radical (unpaired) electrons.